The van der Waals surface area contributed by atoms with Gasteiger partial charge in [-0.25, -0.2) is 9.78 Å². The molecule has 0 radical (unpaired) electrons. The van der Waals surface area contributed by atoms with Gasteiger partial charge in [-0.05, 0) is 48.7 Å². The number of likely N-dealkylation sites (N-methyl/N-ethyl adjacent to an activating group) is 1. The van der Waals surface area contributed by atoms with E-state index < -0.39 is 11.7 Å². The number of nitrogens with zero attached hydrogens (tertiary/aromatic N) is 3. The van der Waals surface area contributed by atoms with E-state index in [0.29, 0.717) is 6.04 Å². The number of hydrogen-bond acceptors (Lipinski definition) is 4. The molecule has 0 aromatic carbocycles. The monoisotopic (exact) mass is 296 g/mol. The molecule has 1 heterocycles. The lowest BCUT2D eigenvalue weighted by Gasteiger charge is -2.24. The smallest absolute Gasteiger partial charge is 0.408 e. The fourth-order valence-corrected chi connectivity index (χ4v) is 1.85. The second kappa shape index (κ2) is 6.93. The van der Waals surface area contributed by atoms with E-state index in [4.69, 9.17) is 4.74 Å². The number of alkyl carbamates (subject to hydrolysis) is 1. The average Bonchev–Trinajstić information content (AvgIpc) is 2.73. The normalized spacial score (nSPS) is 14.9. The second-order valence-electron chi connectivity index (χ2n) is 6.65. The number of imidazole rings is 1. The van der Waals surface area contributed by atoms with Gasteiger partial charge in [0, 0.05) is 12.6 Å². The van der Waals surface area contributed by atoms with Gasteiger partial charge in [-0.3, -0.25) is 0 Å². The molecule has 120 valence electrons. The molecule has 6 heteroatoms. The van der Waals surface area contributed by atoms with Gasteiger partial charge in [0.2, 0.25) is 0 Å². The zero-order chi connectivity index (χ0) is 16.2. The average molecular weight is 296 g/mol. The molecule has 6 nitrogen and oxygen atoms in total. The van der Waals surface area contributed by atoms with E-state index >= 15 is 0 Å². The molecule has 1 aromatic heterocycles. The Morgan fingerprint density at radius 2 is 2.05 bits per heavy atom. The van der Waals surface area contributed by atoms with E-state index in [0.717, 1.165) is 12.2 Å². The van der Waals surface area contributed by atoms with Gasteiger partial charge in [0.05, 0.1) is 24.3 Å². The predicted molar refractivity (Wildman–Crippen MR) is 83.2 cm³/mol. The van der Waals surface area contributed by atoms with Gasteiger partial charge in [-0.2, -0.15) is 0 Å². The van der Waals surface area contributed by atoms with Crippen LogP contribution in [0.15, 0.2) is 12.5 Å². The lowest BCUT2D eigenvalue weighted by molar-refractivity contribution is 0.0506. The quantitative estimate of drug-likeness (QED) is 0.906. The van der Waals surface area contributed by atoms with Crippen LogP contribution in [0.2, 0.25) is 0 Å². The van der Waals surface area contributed by atoms with Crippen molar-refractivity contribution in [2.45, 2.75) is 58.8 Å². The van der Waals surface area contributed by atoms with Gasteiger partial charge >= 0.3 is 6.09 Å². The van der Waals surface area contributed by atoms with Crippen LogP contribution in [-0.4, -0.2) is 46.3 Å². The van der Waals surface area contributed by atoms with E-state index in [2.05, 4.69) is 26.7 Å². The summed E-state index contributed by atoms with van der Waals surface area (Å²) in [6.45, 7) is 10.4. The third kappa shape index (κ3) is 5.75. The molecule has 0 aliphatic heterocycles. The Morgan fingerprint density at radius 1 is 1.43 bits per heavy atom. The van der Waals surface area contributed by atoms with Crippen molar-refractivity contribution in [2.24, 2.45) is 0 Å². The topological polar surface area (TPSA) is 59.4 Å². The fraction of sp³-hybridized carbons (Fsp3) is 0.733. The third-order valence-electron chi connectivity index (χ3n) is 3.26. The Bertz CT molecular complexity index is 462. The van der Waals surface area contributed by atoms with Gasteiger partial charge in [0.1, 0.15) is 5.60 Å². The number of rotatable bonds is 5. The molecule has 0 fully saturated rings. The van der Waals surface area contributed by atoms with Crippen molar-refractivity contribution in [1.29, 1.82) is 0 Å². The van der Waals surface area contributed by atoms with Crippen molar-refractivity contribution in [3.05, 3.63) is 18.2 Å². The molecule has 1 N–H and O–H groups in total. The van der Waals surface area contributed by atoms with Crippen molar-refractivity contribution in [3.8, 4) is 0 Å². The SMILES string of the molecule is CC(Cn1cncc1[C@@H](C)NC(=O)OC(C)(C)C)N(C)C. The molecule has 0 saturated heterocycles. The Hall–Kier alpha value is -1.56. The van der Waals surface area contributed by atoms with Crippen LogP contribution in [0.5, 0.6) is 0 Å². The molecule has 1 rings (SSSR count). The molecule has 0 aliphatic carbocycles. The van der Waals surface area contributed by atoms with E-state index in [1.165, 1.54) is 0 Å². The molecule has 0 spiro atoms. The van der Waals surface area contributed by atoms with Crippen LogP contribution in [0.4, 0.5) is 4.79 Å². The van der Waals surface area contributed by atoms with Gasteiger partial charge in [0.15, 0.2) is 0 Å². The van der Waals surface area contributed by atoms with Gasteiger partial charge < -0.3 is 19.5 Å². The van der Waals surface area contributed by atoms with E-state index in [1.807, 2.05) is 41.8 Å². The first-order chi connectivity index (χ1) is 9.60. The van der Waals surface area contributed by atoms with Gasteiger partial charge in [-0.1, -0.05) is 0 Å². The maximum atomic E-state index is 11.8. The fourth-order valence-electron chi connectivity index (χ4n) is 1.85. The molecule has 0 saturated carbocycles. The van der Waals surface area contributed by atoms with Crippen LogP contribution >= 0.6 is 0 Å². The lowest BCUT2D eigenvalue weighted by atomic mass is 10.2. The number of carbonyl (C=O) groups is 1. The number of carbonyl (C=O) groups excluding carboxylic acids is 1. The van der Waals surface area contributed by atoms with Gasteiger partial charge in [0.25, 0.3) is 0 Å². The first-order valence-corrected chi connectivity index (χ1v) is 7.26. The van der Waals surface area contributed by atoms with E-state index in [9.17, 15) is 4.79 Å². The van der Waals surface area contributed by atoms with Crippen molar-refractivity contribution < 1.29 is 9.53 Å². The second-order valence-corrected chi connectivity index (χ2v) is 6.65. The molecule has 1 amide bonds. The van der Waals surface area contributed by atoms with Crippen molar-refractivity contribution in [3.63, 3.8) is 0 Å². The van der Waals surface area contributed by atoms with Crippen LogP contribution in [0, 0.1) is 0 Å². The molecule has 0 bridgehead atoms. The first kappa shape index (κ1) is 17.5. The summed E-state index contributed by atoms with van der Waals surface area (Å²) in [6, 6.07) is 0.225. The summed E-state index contributed by atoms with van der Waals surface area (Å²) in [4.78, 5) is 18.2. The summed E-state index contributed by atoms with van der Waals surface area (Å²) < 4.78 is 7.34. The zero-order valence-corrected chi connectivity index (χ0v) is 14.2. The Morgan fingerprint density at radius 3 is 2.57 bits per heavy atom. The Kier molecular flexibility index (Phi) is 5.78. The zero-order valence-electron chi connectivity index (χ0n) is 14.2. The summed E-state index contributed by atoms with van der Waals surface area (Å²) in [7, 11) is 4.09. The van der Waals surface area contributed by atoms with Crippen molar-refractivity contribution in [2.75, 3.05) is 14.1 Å². The van der Waals surface area contributed by atoms with Crippen LogP contribution in [0.3, 0.4) is 0 Å². The predicted octanol–water partition coefficient (Wildman–Crippen LogP) is 2.42. The highest BCUT2D eigenvalue weighted by Crippen LogP contribution is 2.15. The molecule has 2 atom stereocenters. The minimum Gasteiger partial charge on any atom is -0.444 e. The maximum absolute atomic E-state index is 11.8. The highest BCUT2D eigenvalue weighted by atomic mass is 16.6. The minimum atomic E-state index is -0.497. The molecular formula is C15H28N4O2. The van der Waals surface area contributed by atoms with Crippen molar-refractivity contribution in [1.82, 2.24) is 19.8 Å². The standard InChI is InChI=1S/C15H28N4O2/c1-11(18(6)7)9-19-10-16-8-13(19)12(2)17-14(20)21-15(3,4)5/h8,10-12H,9H2,1-7H3,(H,17,20)/t11?,12-/m1/s1. The maximum Gasteiger partial charge on any atom is 0.408 e. The number of nitrogens with one attached hydrogen (secondary N) is 1. The van der Waals surface area contributed by atoms with E-state index in [1.54, 1.807) is 12.5 Å². The van der Waals surface area contributed by atoms with E-state index in [-0.39, 0.29) is 6.04 Å². The van der Waals surface area contributed by atoms with Crippen LogP contribution in [0.25, 0.3) is 0 Å². The Labute approximate surface area is 127 Å². The number of ether oxygens (including phenoxy) is 1. The molecule has 1 aromatic rings. The largest absolute Gasteiger partial charge is 0.444 e. The number of amides is 1. The summed E-state index contributed by atoms with van der Waals surface area (Å²) in [5, 5.41) is 2.85. The molecule has 21 heavy (non-hydrogen) atoms. The lowest BCUT2D eigenvalue weighted by Crippen LogP contribution is -2.35. The highest BCUT2D eigenvalue weighted by molar-refractivity contribution is 5.68. The van der Waals surface area contributed by atoms with Crippen molar-refractivity contribution >= 4 is 6.09 Å². The molecular weight excluding hydrogens is 268 g/mol. The van der Waals surface area contributed by atoms with Crippen LogP contribution < -0.4 is 5.32 Å². The molecule has 1 unspecified atom stereocenters. The summed E-state index contributed by atoms with van der Waals surface area (Å²) >= 11 is 0. The van der Waals surface area contributed by atoms with Gasteiger partial charge in [-0.15, -0.1) is 0 Å². The Balaban J connectivity index is 2.69. The first-order valence-electron chi connectivity index (χ1n) is 7.26. The number of aromatic nitrogens is 2. The minimum absolute atomic E-state index is 0.156. The number of hydrogen-bond donors (Lipinski definition) is 1. The highest BCUT2D eigenvalue weighted by Gasteiger charge is 2.20. The summed E-state index contributed by atoms with van der Waals surface area (Å²) in [6.07, 6.45) is 3.16. The molecule has 0 aliphatic rings. The third-order valence-corrected chi connectivity index (χ3v) is 3.26. The summed E-state index contributed by atoms with van der Waals surface area (Å²) in [5.74, 6) is 0. The van der Waals surface area contributed by atoms with Crippen LogP contribution in [0.1, 0.15) is 46.4 Å². The summed E-state index contributed by atoms with van der Waals surface area (Å²) in [5.41, 5.74) is 0.471. The van der Waals surface area contributed by atoms with Crippen LogP contribution in [-0.2, 0) is 11.3 Å².